The Morgan fingerprint density at radius 1 is 1.05 bits per heavy atom. The first-order valence-electron chi connectivity index (χ1n) is 6.88. The number of carbonyl (C=O) groups excluding carboxylic acids is 1. The number of nitrogens with one attached hydrogen (secondary N) is 3. The molecule has 3 aromatic rings. The number of imidazole rings is 1. The van der Waals surface area contributed by atoms with Gasteiger partial charge in [-0.25, -0.2) is 4.79 Å². The molecular weight excluding hydrogens is 278 g/mol. The molecule has 3 rings (SSSR count). The van der Waals surface area contributed by atoms with E-state index < -0.39 is 0 Å². The van der Waals surface area contributed by atoms with Gasteiger partial charge in [-0.15, -0.1) is 0 Å². The van der Waals surface area contributed by atoms with Gasteiger partial charge in [0.2, 0.25) is 5.91 Å². The molecule has 5 heteroatoms. The van der Waals surface area contributed by atoms with Crippen molar-refractivity contribution in [2.45, 2.75) is 6.92 Å². The molecule has 0 saturated heterocycles. The second-order valence-electron chi connectivity index (χ2n) is 5.07. The molecule has 1 amide bonds. The lowest BCUT2D eigenvalue weighted by Gasteiger charge is -2.02. The number of aromatic amines is 2. The first kappa shape index (κ1) is 13.9. The lowest BCUT2D eigenvalue weighted by molar-refractivity contribution is -0.111. The Hall–Kier alpha value is -3.08. The number of H-pyrrole nitrogens is 2. The van der Waals surface area contributed by atoms with E-state index in [9.17, 15) is 9.59 Å². The van der Waals surface area contributed by atoms with Crippen LogP contribution in [0.1, 0.15) is 11.1 Å². The van der Waals surface area contributed by atoms with Gasteiger partial charge in [0, 0.05) is 11.8 Å². The fraction of sp³-hybridized carbons (Fsp3) is 0.0588. The molecule has 0 atom stereocenters. The van der Waals surface area contributed by atoms with Gasteiger partial charge in [-0.3, -0.25) is 4.79 Å². The van der Waals surface area contributed by atoms with Gasteiger partial charge in [-0.2, -0.15) is 0 Å². The fourth-order valence-electron chi connectivity index (χ4n) is 2.14. The second-order valence-corrected chi connectivity index (χ2v) is 5.07. The summed E-state index contributed by atoms with van der Waals surface area (Å²) >= 11 is 0. The molecule has 0 spiro atoms. The molecule has 0 radical (unpaired) electrons. The lowest BCUT2D eigenvalue weighted by atomic mass is 10.1. The van der Waals surface area contributed by atoms with Crippen LogP contribution in [0.2, 0.25) is 0 Å². The van der Waals surface area contributed by atoms with Crippen LogP contribution in [-0.2, 0) is 4.79 Å². The molecule has 22 heavy (non-hydrogen) atoms. The topological polar surface area (TPSA) is 77.8 Å². The van der Waals surface area contributed by atoms with E-state index >= 15 is 0 Å². The number of anilines is 1. The average molecular weight is 293 g/mol. The zero-order chi connectivity index (χ0) is 15.5. The van der Waals surface area contributed by atoms with Crippen molar-refractivity contribution in [3.8, 4) is 0 Å². The number of rotatable bonds is 3. The summed E-state index contributed by atoms with van der Waals surface area (Å²) in [4.78, 5) is 28.4. The normalized spacial score (nSPS) is 11.1. The van der Waals surface area contributed by atoms with Crippen molar-refractivity contribution in [3.63, 3.8) is 0 Å². The first-order valence-corrected chi connectivity index (χ1v) is 6.88. The van der Waals surface area contributed by atoms with Gasteiger partial charge >= 0.3 is 5.69 Å². The molecular formula is C17H15N3O2. The molecule has 0 unspecified atom stereocenters. The Morgan fingerprint density at radius 2 is 1.77 bits per heavy atom. The average Bonchev–Trinajstić information content (AvgIpc) is 2.86. The summed E-state index contributed by atoms with van der Waals surface area (Å²) in [5.41, 5.74) is 3.86. The van der Waals surface area contributed by atoms with Crippen molar-refractivity contribution in [1.82, 2.24) is 9.97 Å². The van der Waals surface area contributed by atoms with Gasteiger partial charge in [-0.1, -0.05) is 29.8 Å². The smallest absolute Gasteiger partial charge is 0.322 e. The summed E-state index contributed by atoms with van der Waals surface area (Å²) in [6.45, 7) is 2.02. The van der Waals surface area contributed by atoms with Crippen LogP contribution in [0, 0.1) is 6.92 Å². The van der Waals surface area contributed by atoms with Crippen LogP contribution in [0.15, 0.2) is 53.3 Å². The molecule has 5 nitrogen and oxygen atoms in total. The Morgan fingerprint density at radius 3 is 2.55 bits per heavy atom. The highest BCUT2D eigenvalue weighted by Crippen LogP contribution is 2.14. The third-order valence-electron chi connectivity index (χ3n) is 3.29. The van der Waals surface area contributed by atoms with Gasteiger partial charge in [0.15, 0.2) is 0 Å². The van der Waals surface area contributed by atoms with E-state index in [1.807, 2.05) is 31.2 Å². The molecule has 1 aromatic heterocycles. The summed E-state index contributed by atoms with van der Waals surface area (Å²) in [6, 6.07) is 13.1. The van der Waals surface area contributed by atoms with E-state index in [1.165, 1.54) is 11.6 Å². The third kappa shape index (κ3) is 3.15. The number of carbonyl (C=O) groups is 1. The van der Waals surface area contributed by atoms with Crippen LogP contribution in [0.25, 0.3) is 17.1 Å². The Labute approximate surface area is 126 Å². The van der Waals surface area contributed by atoms with E-state index in [0.717, 1.165) is 5.56 Å². The van der Waals surface area contributed by atoms with Gasteiger partial charge < -0.3 is 15.3 Å². The highest BCUT2D eigenvalue weighted by molar-refractivity contribution is 6.02. The monoisotopic (exact) mass is 293 g/mol. The Balaban J connectivity index is 1.72. The number of benzene rings is 2. The summed E-state index contributed by atoms with van der Waals surface area (Å²) in [5, 5.41) is 2.76. The molecule has 2 aromatic carbocycles. The standard InChI is InChI=1S/C17H15N3O2/c1-11-2-4-12(5-3-11)6-9-16(21)18-13-7-8-14-15(10-13)20-17(22)19-14/h2-10H,1H3,(H,18,21)(H2,19,20,22)/b9-6+. The molecule has 0 aliphatic heterocycles. The summed E-state index contributed by atoms with van der Waals surface area (Å²) < 4.78 is 0. The van der Waals surface area contributed by atoms with Crippen LogP contribution in [0.5, 0.6) is 0 Å². The van der Waals surface area contributed by atoms with E-state index in [4.69, 9.17) is 0 Å². The minimum absolute atomic E-state index is 0.224. The molecule has 3 N–H and O–H groups in total. The van der Waals surface area contributed by atoms with Crippen molar-refractivity contribution in [3.05, 3.63) is 70.2 Å². The Bertz CT molecular complexity index is 902. The van der Waals surface area contributed by atoms with E-state index in [2.05, 4.69) is 15.3 Å². The maximum absolute atomic E-state index is 11.9. The quantitative estimate of drug-likeness (QED) is 0.649. The molecule has 0 aliphatic carbocycles. The van der Waals surface area contributed by atoms with Crippen LogP contribution in [0.3, 0.4) is 0 Å². The summed E-state index contributed by atoms with van der Waals surface area (Å²) in [5.74, 6) is -0.224. The summed E-state index contributed by atoms with van der Waals surface area (Å²) in [6.07, 6.45) is 3.24. The van der Waals surface area contributed by atoms with Gasteiger partial charge in [0.1, 0.15) is 0 Å². The highest BCUT2D eigenvalue weighted by atomic mass is 16.1. The van der Waals surface area contributed by atoms with Crippen LogP contribution in [-0.4, -0.2) is 15.9 Å². The predicted octanol–water partition coefficient (Wildman–Crippen LogP) is 2.82. The van der Waals surface area contributed by atoms with E-state index in [-0.39, 0.29) is 11.6 Å². The number of hydrogen-bond acceptors (Lipinski definition) is 2. The SMILES string of the molecule is Cc1ccc(/C=C/C(=O)Nc2ccc3[nH]c(=O)[nH]c3c2)cc1. The van der Waals surface area contributed by atoms with E-state index in [1.54, 1.807) is 24.3 Å². The fourth-order valence-corrected chi connectivity index (χ4v) is 2.14. The van der Waals surface area contributed by atoms with Crippen molar-refractivity contribution >= 4 is 28.7 Å². The number of amides is 1. The maximum Gasteiger partial charge on any atom is 0.323 e. The van der Waals surface area contributed by atoms with Crippen LogP contribution < -0.4 is 11.0 Å². The van der Waals surface area contributed by atoms with Crippen molar-refractivity contribution in [1.29, 1.82) is 0 Å². The minimum Gasteiger partial charge on any atom is -0.322 e. The number of aryl methyl sites for hydroxylation is 1. The zero-order valence-electron chi connectivity index (χ0n) is 12.0. The second kappa shape index (κ2) is 5.73. The van der Waals surface area contributed by atoms with E-state index in [0.29, 0.717) is 16.7 Å². The highest BCUT2D eigenvalue weighted by Gasteiger charge is 2.02. The van der Waals surface area contributed by atoms with Crippen LogP contribution >= 0.6 is 0 Å². The zero-order valence-corrected chi connectivity index (χ0v) is 12.0. The molecule has 110 valence electrons. The van der Waals surface area contributed by atoms with Crippen LogP contribution in [0.4, 0.5) is 5.69 Å². The largest absolute Gasteiger partial charge is 0.323 e. The van der Waals surface area contributed by atoms with Crippen molar-refractivity contribution in [2.75, 3.05) is 5.32 Å². The molecule has 1 heterocycles. The van der Waals surface area contributed by atoms with Gasteiger partial charge in [-0.05, 0) is 36.8 Å². The molecule has 0 bridgehead atoms. The molecule has 0 saturated carbocycles. The summed E-state index contributed by atoms with van der Waals surface area (Å²) in [7, 11) is 0. The van der Waals surface area contributed by atoms with Crippen molar-refractivity contribution in [2.24, 2.45) is 0 Å². The van der Waals surface area contributed by atoms with Crippen molar-refractivity contribution < 1.29 is 4.79 Å². The maximum atomic E-state index is 11.9. The predicted molar refractivity (Wildman–Crippen MR) is 87.8 cm³/mol. The van der Waals surface area contributed by atoms with Gasteiger partial charge in [0.05, 0.1) is 11.0 Å². The lowest BCUT2D eigenvalue weighted by Crippen LogP contribution is -2.07. The Kier molecular flexibility index (Phi) is 3.62. The minimum atomic E-state index is -0.266. The third-order valence-corrected chi connectivity index (χ3v) is 3.29. The number of aromatic nitrogens is 2. The number of fused-ring (bicyclic) bond motifs is 1. The van der Waals surface area contributed by atoms with Gasteiger partial charge in [0.25, 0.3) is 0 Å². The number of hydrogen-bond donors (Lipinski definition) is 3. The first-order chi connectivity index (χ1) is 10.6. The molecule has 0 aliphatic rings. The molecule has 0 fully saturated rings.